The van der Waals surface area contributed by atoms with Crippen LogP contribution in [0.2, 0.25) is 5.02 Å². The van der Waals surface area contributed by atoms with Crippen LogP contribution in [0.3, 0.4) is 0 Å². The molecule has 0 atom stereocenters. The lowest BCUT2D eigenvalue weighted by atomic mass is 10.3. The van der Waals surface area contributed by atoms with Gasteiger partial charge in [0.05, 0.1) is 23.4 Å². The zero-order valence-electron chi connectivity index (χ0n) is 9.24. The molecular formula is C11H11ClN2O2. The number of rotatable bonds is 1. The van der Waals surface area contributed by atoms with E-state index in [4.69, 9.17) is 11.6 Å². The molecule has 0 aliphatic heterocycles. The predicted octanol–water partition coefficient (Wildman–Crippen LogP) is 2.39. The Balaban J connectivity index is 2.75. The van der Waals surface area contributed by atoms with Gasteiger partial charge in [0.25, 0.3) is 0 Å². The molecular weight excluding hydrogens is 228 g/mol. The monoisotopic (exact) mass is 238 g/mol. The van der Waals surface area contributed by atoms with E-state index in [1.54, 1.807) is 16.7 Å². The van der Waals surface area contributed by atoms with E-state index in [0.717, 1.165) is 11.4 Å². The summed E-state index contributed by atoms with van der Waals surface area (Å²) < 4.78 is 6.45. The highest BCUT2D eigenvalue weighted by Gasteiger charge is 2.13. The largest absolute Gasteiger partial charge is 0.465 e. The van der Waals surface area contributed by atoms with Crippen molar-refractivity contribution in [1.29, 1.82) is 0 Å². The average Bonchev–Trinajstić information content (AvgIpc) is 2.56. The summed E-state index contributed by atoms with van der Waals surface area (Å²) >= 11 is 6.06. The van der Waals surface area contributed by atoms with Crippen LogP contribution in [-0.4, -0.2) is 22.5 Å². The smallest absolute Gasteiger partial charge is 0.339 e. The van der Waals surface area contributed by atoms with E-state index in [9.17, 15) is 4.79 Å². The molecule has 0 fully saturated rings. The van der Waals surface area contributed by atoms with Crippen LogP contribution in [0.1, 0.15) is 21.7 Å². The number of hydrogen-bond acceptors (Lipinski definition) is 3. The number of ether oxygens (including phenoxy) is 1. The van der Waals surface area contributed by atoms with Crippen LogP contribution in [0.15, 0.2) is 12.3 Å². The van der Waals surface area contributed by atoms with Gasteiger partial charge in [-0.15, -0.1) is 0 Å². The molecule has 4 nitrogen and oxygen atoms in total. The Morgan fingerprint density at radius 3 is 2.81 bits per heavy atom. The second kappa shape index (κ2) is 3.79. The number of nitrogens with zero attached hydrogens (tertiary/aromatic N) is 2. The second-order valence-electron chi connectivity index (χ2n) is 3.54. The van der Waals surface area contributed by atoms with Gasteiger partial charge in [0.2, 0.25) is 0 Å². The molecule has 0 unspecified atom stereocenters. The van der Waals surface area contributed by atoms with Crippen molar-refractivity contribution in [3.63, 3.8) is 0 Å². The van der Waals surface area contributed by atoms with Crippen molar-refractivity contribution in [2.75, 3.05) is 7.11 Å². The molecule has 16 heavy (non-hydrogen) atoms. The van der Waals surface area contributed by atoms with Gasteiger partial charge in [-0.1, -0.05) is 11.6 Å². The van der Waals surface area contributed by atoms with Crippen LogP contribution >= 0.6 is 11.6 Å². The van der Waals surface area contributed by atoms with E-state index in [1.165, 1.54) is 7.11 Å². The Hall–Kier alpha value is -1.55. The van der Waals surface area contributed by atoms with E-state index in [0.29, 0.717) is 16.2 Å². The molecule has 2 heterocycles. The molecule has 0 aliphatic rings. The lowest BCUT2D eigenvalue weighted by Gasteiger charge is -2.03. The molecule has 0 saturated carbocycles. The minimum Gasteiger partial charge on any atom is -0.465 e. The molecule has 2 rings (SSSR count). The van der Waals surface area contributed by atoms with E-state index < -0.39 is 5.97 Å². The predicted molar refractivity (Wildman–Crippen MR) is 61.0 cm³/mol. The highest BCUT2D eigenvalue weighted by atomic mass is 35.5. The Labute approximate surface area is 97.8 Å². The van der Waals surface area contributed by atoms with Crippen LogP contribution < -0.4 is 0 Å². The third-order valence-corrected chi connectivity index (χ3v) is 2.85. The van der Waals surface area contributed by atoms with E-state index in [2.05, 4.69) is 9.72 Å². The quantitative estimate of drug-likeness (QED) is 0.717. The maximum Gasteiger partial charge on any atom is 0.339 e. The zero-order valence-corrected chi connectivity index (χ0v) is 10.00. The minimum absolute atomic E-state index is 0.408. The number of carbonyl (C=O) groups excluding carboxylic acids is 1. The molecule has 0 N–H and O–H groups in total. The zero-order chi connectivity index (χ0) is 11.9. The molecule has 5 heteroatoms. The first-order valence-electron chi connectivity index (χ1n) is 4.77. The Morgan fingerprint density at radius 2 is 2.19 bits per heavy atom. The standard InChI is InChI=1S/C11H11ClN2O2/c1-6-7(2)14-5-8(11(15)16-3)4-9(12)10(14)13-6/h4-5H,1-3H3. The van der Waals surface area contributed by atoms with E-state index in [1.807, 2.05) is 13.8 Å². The first-order chi connectivity index (χ1) is 7.54. The number of aryl methyl sites for hydroxylation is 2. The summed E-state index contributed by atoms with van der Waals surface area (Å²) in [5.74, 6) is -0.408. The molecule has 84 valence electrons. The molecule has 0 aliphatic carbocycles. The van der Waals surface area contributed by atoms with Crippen molar-refractivity contribution in [2.24, 2.45) is 0 Å². The van der Waals surface area contributed by atoms with Gasteiger partial charge in [0, 0.05) is 11.9 Å². The summed E-state index contributed by atoms with van der Waals surface area (Å²) in [7, 11) is 1.34. The molecule has 0 saturated heterocycles. The van der Waals surface area contributed by atoms with Crippen molar-refractivity contribution in [3.05, 3.63) is 34.2 Å². The summed E-state index contributed by atoms with van der Waals surface area (Å²) in [5, 5.41) is 0.444. The van der Waals surface area contributed by atoms with Crippen LogP contribution in [0.25, 0.3) is 5.65 Å². The third-order valence-electron chi connectivity index (χ3n) is 2.57. The van der Waals surface area contributed by atoms with Gasteiger partial charge in [0.1, 0.15) is 0 Å². The first kappa shape index (κ1) is 11.0. The number of imidazole rings is 1. The minimum atomic E-state index is -0.408. The molecule has 2 aromatic rings. The fourth-order valence-electron chi connectivity index (χ4n) is 1.56. The molecule has 0 bridgehead atoms. The second-order valence-corrected chi connectivity index (χ2v) is 3.95. The molecule has 0 amide bonds. The summed E-state index contributed by atoms with van der Waals surface area (Å²) in [6, 6.07) is 1.56. The first-order valence-corrected chi connectivity index (χ1v) is 5.15. The maximum absolute atomic E-state index is 11.4. The van der Waals surface area contributed by atoms with Gasteiger partial charge in [0.15, 0.2) is 5.65 Å². The SMILES string of the molecule is COC(=O)c1cc(Cl)c2nc(C)c(C)n2c1. The fraction of sp³-hybridized carbons (Fsp3) is 0.273. The fourth-order valence-corrected chi connectivity index (χ4v) is 1.81. The summed E-state index contributed by atoms with van der Waals surface area (Å²) in [6.45, 7) is 3.82. The van der Waals surface area contributed by atoms with Crippen molar-refractivity contribution in [2.45, 2.75) is 13.8 Å². The van der Waals surface area contributed by atoms with Crippen molar-refractivity contribution < 1.29 is 9.53 Å². The van der Waals surface area contributed by atoms with Crippen molar-refractivity contribution >= 4 is 23.2 Å². The van der Waals surface area contributed by atoms with Gasteiger partial charge in [-0.05, 0) is 19.9 Å². The van der Waals surface area contributed by atoms with Gasteiger partial charge in [-0.3, -0.25) is 0 Å². The number of halogens is 1. The topological polar surface area (TPSA) is 43.6 Å². The molecule has 0 aromatic carbocycles. The van der Waals surface area contributed by atoms with Crippen LogP contribution in [0.5, 0.6) is 0 Å². The Morgan fingerprint density at radius 1 is 1.50 bits per heavy atom. The molecule has 2 aromatic heterocycles. The van der Waals surface area contributed by atoms with Gasteiger partial charge in [-0.25, -0.2) is 9.78 Å². The summed E-state index contributed by atoms with van der Waals surface area (Å²) in [4.78, 5) is 15.7. The average molecular weight is 239 g/mol. The lowest BCUT2D eigenvalue weighted by molar-refractivity contribution is 0.0600. The lowest BCUT2D eigenvalue weighted by Crippen LogP contribution is -2.03. The van der Waals surface area contributed by atoms with Crippen molar-refractivity contribution in [3.8, 4) is 0 Å². The molecule has 0 spiro atoms. The Kier molecular flexibility index (Phi) is 2.59. The number of aromatic nitrogens is 2. The highest BCUT2D eigenvalue weighted by molar-refractivity contribution is 6.33. The number of methoxy groups -OCH3 is 1. The van der Waals surface area contributed by atoms with Gasteiger partial charge < -0.3 is 9.14 Å². The normalized spacial score (nSPS) is 10.8. The van der Waals surface area contributed by atoms with E-state index in [-0.39, 0.29) is 0 Å². The number of fused-ring (bicyclic) bond motifs is 1. The van der Waals surface area contributed by atoms with Crippen LogP contribution in [-0.2, 0) is 4.74 Å². The van der Waals surface area contributed by atoms with Gasteiger partial charge >= 0.3 is 5.97 Å². The maximum atomic E-state index is 11.4. The Bertz CT molecular complexity index is 575. The van der Waals surface area contributed by atoms with Gasteiger partial charge in [-0.2, -0.15) is 0 Å². The third kappa shape index (κ3) is 1.55. The number of hydrogen-bond donors (Lipinski definition) is 0. The number of pyridine rings is 1. The summed E-state index contributed by atoms with van der Waals surface area (Å²) in [6.07, 6.45) is 1.68. The molecule has 0 radical (unpaired) electrons. The number of esters is 1. The van der Waals surface area contributed by atoms with Crippen LogP contribution in [0, 0.1) is 13.8 Å². The summed E-state index contributed by atoms with van der Waals surface area (Å²) in [5.41, 5.74) is 2.93. The highest BCUT2D eigenvalue weighted by Crippen LogP contribution is 2.21. The van der Waals surface area contributed by atoms with Crippen molar-refractivity contribution in [1.82, 2.24) is 9.38 Å². The van der Waals surface area contributed by atoms with E-state index >= 15 is 0 Å². The van der Waals surface area contributed by atoms with Crippen LogP contribution in [0.4, 0.5) is 0 Å². The number of carbonyl (C=O) groups is 1.